The van der Waals surface area contributed by atoms with Crippen LogP contribution in [0.1, 0.15) is 17.5 Å². The lowest BCUT2D eigenvalue weighted by Crippen LogP contribution is -1.87. The minimum Gasteiger partial charge on any atom is -0.396 e. The van der Waals surface area contributed by atoms with E-state index in [0.29, 0.717) is 0 Å². The molecule has 1 aromatic rings. The second-order valence-corrected chi connectivity index (χ2v) is 1.84. The summed E-state index contributed by atoms with van der Waals surface area (Å²) in [5.41, 5.74) is 0.0500. The fraction of sp³-hybridized carbons (Fsp3) is 0.333. The van der Waals surface area contributed by atoms with Crippen molar-refractivity contribution in [1.29, 1.82) is 0 Å². The molecule has 0 aliphatic rings. The van der Waals surface area contributed by atoms with Gasteiger partial charge in [-0.2, -0.15) is 0 Å². The van der Waals surface area contributed by atoms with Crippen molar-refractivity contribution < 1.29 is 10.6 Å². The number of hydrogen-bond donors (Lipinski definition) is 1. The van der Waals surface area contributed by atoms with Crippen LogP contribution in [0.4, 0.5) is 0 Å². The van der Waals surface area contributed by atoms with E-state index in [0.717, 1.165) is 0 Å². The van der Waals surface area contributed by atoms with Crippen molar-refractivity contribution in [2.45, 2.75) is 12.8 Å². The highest BCUT2D eigenvalue weighted by atomic mass is 16.2. The van der Waals surface area contributed by atoms with Crippen LogP contribution in [0.3, 0.4) is 0 Å². The van der Waals surface area contributed by atoms with Crippen LogP contribution >= 0.6 is 0 Å². The summed E-state index contributed by atoms with van der Waals surface area (Å²) in [6.07, 6.45) is -1.89. The van der Waals surface area contributed by atoms with Gasteiger partial charge in [0.2, 0.25) is 0 Å². The van der Waals surface area contributed by atoms with E-state index in [1.165, 1.54) is 12.1 Å². The van der Waals surface area contributed by atoms with Crippen LogP contribution in [0.5, 0.6) is 0 Å². The van der Waals surface area contributed by atoms with E-state index >= 15 is 0 Å². The molecule has 0 aromatic heterocycles. The Hall–Kier alpha value is -0.820. The molecular formula is C9H12O. The molecule has 0 aliphatic heterocycles. The van der Waals surface area contributed by atoms with Gasteiger partial charge in [-0.05, 0) is 18.4 Å². The molecule has 1 aromatic carbocycles. The summed E-state index contributed by atoms with van der Waals surface area (Å²) in [5.74, 6) is 0. The maximum absolute atomic E-state index is 8.68. The Balaban J connectivity index is 3.17. The molecule has 10 heavy (non-hydrogen) atoms. The van der Waals surface area contributed by atoms with E-state index in [-0.39, 0.29) is 30.7 Å². The van der Waals surface area contributed by atoms with Crippen LogP contribution in [-0.4, -0.2) is 11.7 Å². The third-order valence-corrected chi connectivity index (χ3v) is 1.06. The number of aliphatic hydroxyl groups excluding tert-OH is 1. The number of aliphatic hydroxyl groups is 1. The summed E-state index contributed by atoms with van der Waals surface area (Å²) < 4.78 is 30.2. The Labute approximate surface area is 66.9 Å². The average Bonchev–Trinajstić information content (AvgIpc) is 2.02. The van der Waals surface area contributed by atoms with Gasteiger partial charge in [-0.15, -0.1) is 0 Å². The molecule has 1 N–H and O–H groups in total. The van der Waals surface area contributed by atoms with Crippen molar-refractivity contribution in [1.82, 2.24) is 0 Å². The molecule has 0 fully saturated rings. The predicted molar refractivity (Wildman–Crippen MR) is 41.8 cm³/mol. The number of benzene rings is 1. The monoisotopic (exact) mass is 140 g/mol. The molecule has 0 radical (unpaired) electrons. The first-order valence-corrected chi connectivity index (χ1v) is 3.16. The molecule has 54 valence electrons. The van der Waals surface area contributed by atoms with Gasteiger partial charge >= 0.3 is 0 Å². The Morgan fingerprint density at radius 3 is 2.70 bits per heavy atom. The molecule has 0 saturated heterocycles. The third kappa shape index (κ3) is 2.19. The van der Waals surface area contributed by atoms with E-state index in [4.69, 9.17) is 10.6 Å². The molecule has 0 bridgehead atoms. The first kappa shape index (κ1) is 3.54. The average molecular weight is 140 g/mol. The summed E-state index contributed by atoms with van der Waals surface area (Å²) >= 11 is 0. The van der Waals surface area contributed by atoms with Crippen molar-refractivity contribution in [3.63, 3.8) is 0 Å². The summed E-state index contributed by atoms with van der Waals surface area (Å²) in [7, 11) is 0. The standard InChI is InChI=1S/C9H12O/c10-8-4-7-9-5-2-1-3-6-9/h1-3,5-6,10H,4,7-8H2/i5D,6D,7D2. The van der Waals surface area contributed by atoms with Gasteiger partial charge in [-0.3, -0.25) is 0 Å². The van der Waals surface area contributed by atoms with Crippen molar-refractivity contribution in [3.8, 4) is 0 Å². The van der Waals surface area contributed by atoms with Crippen LogP contribution in [0.15, 0.2) is 30.3 Å². The maximum atomic E-state index is 8.68. The Morgan fingerprint density at radius 1 is 1.40 bits per heavy atom. The van der Waals surface area contributed by atoms with Crippen LogP contribution in [0.2, 0.25) is 0 Å². The first-order chi connectivity index (χ1) is 6.49. The molecule has 1 nitrogen and oxygen atoms in total. The highest BCUT2D eigenvalue weighted by Crippen LogP contribution is 2.00. The first-order valence-electron chi connectivity index (χ1n) is 5.16. The van der Waals surface area contributed by atoms with E-state index in [2.05, 4.69) is 0 Å². The maximum Gasteiger partial charge on any atom is 0.0626 e. The van der Waals surface area contributed by atoms with Gasteiger partial charge in [0.15, 0.2) is 0 Å². The third-order valence-electron chi connectivity index (χ3n) is 1.06. The van der Waals surface area contributed by atoms with Crippen molar-refractivity contribution in [2.75, 3.05) is 6.61 Å². The quantitative estimate of drug-likeness (QED) is 0.676. The minimum absolute atomic E-state index is 0.0101. The highest BCUT2D eigenvalue weighted by molar-refractivity contribution is 5.14. The largest absolute Gasteiger partial charge is 0.396 e. The molecule has 0 heterocycles. The van der Waals surface area contributed by atoms with Crippen LogP contribution in [-0.2, 0) is 6.37 Å². The Kier molecular flexibility index (Phi) is 1.44. The fourth-order valence-corrected chi connectivity index (χ4v) is 0.636. The van der Waals surface area contributed by atoms with Crippen molar-refractivity contribution in [3.05, 3.63) is 35.8 Å². The predicted octanol–water partition coefficient (Wildman–Crippen LogP) is 1.61. The van der Waals surface area contributed by atoms with E-state index in [1.54, 1.807) is 6.07 Å². The van der Waals surface area contributed by atoms with E-state index in [1.807, 2.05) is 0 Å². The van der Waals surface area contributed by atoms with Gasteiger partial charge in [0, 0.05) is 9.35 Å². The zero-order valence-electron chi connectivity index (χ0n) is 9.59. The van der Waals surface area contributed by atoms with E-state index < -0.39 is 6.37 Å². The lowest BCUT2D eigenvalue weighted by Gasteiger charge is -1.96. The SMILES string of the molecule is [2H]c1cccc([2H])c1C([2H])([2H])CCO. The van der Waals surface area contributed by atoms with Crippen molar-refractivity contribution in [2.24, 2.45) is 0 Å². The molecule has 1 heteroatoms. The fourth-order valence-electron chi connectivity index (χ4n) is 0.636. The minimum atomic E-state index is -1.80. The van der Waals surface area contributed by atoms with Gasteiger partial charge in [0.25, 0.3) is 0 Å². The zero-order valence-corrected chi connectivity index (χ0v) is 5.59. The summed E-state index contributed by atoms with van der Waals surface area (Å²) in [4.78, 5) is 0. The zero-order chi connectivity index (χ0) is 10.8. The van der Waals surface area contributed by atoms with Crippen LogP contribution in [0, 0.1) is 0 Å². The van der Waals surface area contributed by atoms with Gasteiger partial charge in [0.1, 0.15) is 0 Å². The molecule has 0 saturated carbocycles. The smallest absolute Gasteiger partial charge is 0.0626 e. The second-order valence-electron chi connectivity index (χ2n) is 1.84. The second kappa shape index (κ2) is 4.07. The summed E-state index contributed by atoms with van der Waals surface area (Å²) in [6, 6.07) is 4.46. The molecule has 0 unspecified atom stereocenters. The van der Waals surface area contributed by atoms with Gasteiger partial charge in [-0.1, -0.05) is 30.3 Å². The number of hydrogen-bond acceptors (Lipinski definition) is 1. The lowest BCUT2D eigenvalue weighted by molar-refractivity contribution is 0.288. The van der Waals surface area contributed by atoms with Crippen LogP contribution < -0.4 is 0 Å². The Bertz CT molecular complexity index is 304. The van der Waals surface area contributed by atoms with Gasteiger partial charge in [0.05, 0.1) is 2.74 Å². The molecule has 0 amide bonds. The van der Waals surface area contributed by atoms with E-state index in [9.17, 15) is 0 Å². The van der Waals surface area contributed by atoms with Crippen LogP contribution in [0.25, 0.3) is 0 Å². The Morgan fingerprint density at radius 2 is 2.10 bits per heavy atom. The van der Waals surface area contributed by atoms with Gasteiger partial charge < -0.3 is 5.11 Å². The topological polar surface area (TPSA) is 20.2 Å². The highest BCUT2D eigenvalue weighted by Gasteiger charge is 1.87. The molecule has 0 spiro atoms. The molecule has 0 aliphatic carbocycles. The summed E-state index contributed by atoms with van der Waals surface area (Å²) in [6.45, 7) is -0.291. The van der Waals surface area contributed by atoms with Crippen molar-refractivity contribution >= 4 is 0 Å². The molecule has 0 atom stereocenters. The van der Waals surface area contributed by atoms with Gasteiger partial charge in [-0.25, -0.2) is 0 Å². The summed E-state index contributed by atoms with van der Waals surface area (Å²) in [5, 5.41) is 8.68. The lowest BCUT2D eigenvalue weighted by atomic mass is 10.1. The molecule has 1 rings (SSSR count). The normalized spacial score (nSPS) is 16.9. The number of rotatable bonds is 3. The molecular weight excluding hydrogens is 124 g/mol.